The number of hydrogen-bond donors (Lipinski definition) is 1. The van der Waals surface area contributed by atoms with E-state index in [0.29, 0.717) is 30.9 Å². The molecular weight excluding hydrogens is 382 g/mol. The van der Waals surface area contributed by atoms with Crippen molar-refractivity contribution >= 4 is 15.5 Å². The van der Waals surface area contributed by atoms with Crippen LogP contribution >= 0.6 is 0 Å². The molecule has 10 heteroatoms. The summed E-state index contributed by atoms with van der Waals surface area (Å²) in [5.74, 6) is 0.161. The number of benzene rings is 2. The molecule has 0 fully saturated rings. The van der Waals surface area contributed by atoms with Crippen molar-refractivity contribution < 1.29 is 13.3 Å². The fraction of sp³-hybridized carbons (Fsp3) is 0.222. The van der Waals surface area contributed by atoms with Crippen LogP contribution in [-0.2, 0) is 28.6 Å². The monoisotopic (exact) mass is 401 g/mol. The van der Waals surface area contributed by atoms with Gasteiger partial charge in [-0.1, -0.05) is 42.5 Å². The lowest BCUT2D eigenvalue weighted by Crippen LogP contribution is -2.17. The summed E-state index contributed by atoms with van der Waals surface area (Å²) in [6.45, 7) is 0.618. The van der Waals surface area contributed by atoms with Gasteiger partial charge in [-0.25, -0.2) is 8.42 Å². The predicted molar refractivity (Wildman–Crippen MR) is 102 cm³/mol. The van der Waals surface area contributed by atoms with Crippen molar-refractivity contribution in [2.24, 2.45) is 5.73 Å². The molecule has 0 unspecified atom stereocenters. The van der Waals surface area contributed by atoms with Crippen LogP contribution in [0.3, 0.4) is 0 Å². The molecule has 0 spiro atoms. The van der Waals surface area contributed by atoms with Gasteiger partial charge in [0.2, 0.25) is 15.0 Å². The minimum atomic E-state index is -3.82. The Labute approximate surface area is 161 Å². The summed E-state index contributed by atoms with van der Waals surface area (Å²) in [6.07, 6.45) is 0.396. The molecule has 1 heterocycles. The second kappa shape index (κ2) is 8.28. The SMILES string of the molecule is NCCc1nnc(S(=O)(=O)Cc2ccc([N+](=O)[O-])cc2)n1Cc1ccccc1. The van der Waals surface area contributed by atoms with Crippen LogP contribution < -0.4 is 5.73 Å². The van der Waals surface area contributed by atoms with Gasteiger partial charge in [-0.05, 0) is 17.7 Å². The average molecular weight is 401 g/mol. The van der Waals surface area contributed by atoms with E-state index in [2.05, 4.69) is 10.2 Å². The number of nitrogens with zero attached hydrogens (tertiary/aromatic N) is 4. The third-order valence-electron chi connectivity index (χ3n) is 4.13. The van der Waals surface area contributed by atoms with Crippen molar-refractivity contribution in [3.63, 3.8) is 0 Å². The van der Waals surface area contributed by atoms with E-state index in [0.717, 1.165) is 5.56 Å². The highest BCUT2D eigenvalue weighted by Gasteiger charge is 2.25. The maximum Gasteiger partial charge on any atom is 0.269 e. The first-order valence-corrected chi connectivity index (χ1v) is 10.2. The van der Waals surface area contributed by atoms with Crippen LogP contribution in [0.5, 0.6) is 0 Å². The molecule has 2 aromatic carbocycles. The number of sulfone groups is 1. The largest absolute Gasteiger partial charge is 0.330 e. The molecule has 0 atom stereocenters. The highest BCUT2D eigenvalue weighted by atomic mass is 32.2. The maximum absolute atomic E-state index is 13.0. The van der Waals surface area contributed by atoms with Gasteiger partial charge in [0.25, 0.3) is 5.69 Å². The Hall–Kier alpha value is -3.11. The Balaban J connectivity index is 1.93. The van der Waals surface area contributed by atoms with Crippen LogP contribution in [0.2, 0.25) is 0 Å². The number of non-ortho nitro benzene ring substituents is 1. The zero-order valence-corrected chi connectivity index (χ0v) is 15.7. The molecule has 0 radical (unpaired) electrons. The highest BCUT2D eigenvalue weighted by molar-refractivity contribution is 7.90. The van der Waals surface area contributed by atoms with Crippen LogP contribution in [0.4, 0.5) is 5.69 Å². The Bertz CT molecular complexity index is 1060. The van der Waals surface area contributed by atoms with E-state index in [1.165, 1.54) is 24.3 Å². The Morgan fingerprint density at radius 3 is 2.29 bits per heavy atom. The number of nitrogens with two attached hydrogens (primary N) is 1. The first-order valence-electron chi connectivity index (χ1n) is 8.53. The molecule has 0 aliphatic carbocycles. The quantitative estimate of drug-likeness (QED) is 0.448. The first kappa shape index (κ1) is 19.6. The van der Waals surface area contributed by atoms with Crippen LogP contribution in [-0.4, -0.2) is 34.7 Å². The molecule has 146 valence electrons. The molecule has 2 N–H and O–H groups in total. The second-order valence-electron chi connectivity index (χ2n) is 6.19. The third-order valence-corrected chi connectivity index (χ3v) is 5.70. The lowest BCUT2D eigenvalue weighted by molar-refractivity contribution is -0.384. The second-order valence-corrected chi connectivity index (χ2v) is 8.08. The van der Waals surface area contributed by atoms with E-state index in [1.807, 2.05) is 30.3 Å². The number of aromatic nitrogens is 3. The maximum atomic E-state index is 13.0. The standard InChI is InChI=1S/C18H19N5O4S/c19-11-10-17-20-21-18(22(17)12-14-4-2-1-3-5-14)28(26,27)13-15-6-8-16(9-7-15)23(24)25/h1-9H,10-13,19H2. The Kier molecular flexibility index (Phi) is 5.81. The summed E-state index contributed by atoms with van der Waals surface area (Å²) in [7, 11) is -3.82. The average Bonchev–Trinajstić information content (AvgIpc) is 3.06. The van der Waals surface area contributed by atoms with Crippen molar-refractivity contribution in [3.05, 3.63) is 81.7 Å². The van der Waals surface area contributed by atoms with E-state index in [1.54, 1.807) is 4.57 Å². The molecule has 1 aromatic heterocycles. The molecule has 0 aliphatic rings. The normalized spacial score (nSPS) is 11.5. The minimum Gasteiger partial charge on any atom is -0.330 e. The summed E-state index contributed by atoms with van der Waals surface area (Å²) in [6, 6.07) is 14.8. The van der Waals surface area contributed by atoms with Gasteiger partial charge in [-0.15, -0.1) is 10.2 Å². The number of hydrogen-bond acceptors (Lipinski definition) is 7. The van der Waals surface area contributed by atoms with E-state index in [-0.39, 0.29) is 16.6 Å². The molecule has 0 bridgehead atoms. The molecule has 28 heavy (non-hydrogen) atoms. The number of rotatable bonds is 8. The first-order chi connectivity index (χ1) is 13.4. The van der Waals surface area contributed by atoms with E-state index >= 15 is 0 Å². The Morgan fingerprint density at radius 2 is 1.68 bits per heavy atom. The molecular formula is C18H19N5O4S. The molecule has 3 rings (SSSR count). The molecule has 3 aromatic rings. The lowest BCUT2D eigenvalue weighted by atomic mass is 10.2. The summed E-state index contributed by atoms with van der Waals surface area (Å²) in [5, 5.41) is 18.5. The fourth-order valence-corrected chi connectivity index (χ4v) is 4.22. The van der Waals surface area contributed by atoms with Gasteiger partial charge in [0.1, 0.15) is 5.82 Å². The van der Waals surface area contributed by atoms with Crippen molar-refractivity contribution in [1.82, 2.24) is 14.8 Å². The van der Waals surface area contributed by atoms with Crippen molar-refractivity contribution in [3.8, 4) is 0 Å². The molecule has 0 saturated carbocycles. The van der Waals surface area contributed by atoms with E-state index in [9.17, 15) is 18.5 Å². The minimum absolute atomic E-state index is 0.0985. The van der Waals surface area contributed by atoms with Gasteiger partial charge >= 0.3 is 0 Å². The van der Waals surface area contributed by atoms with Gasteiger partial charge in [-0.2, -0.15) is 0 Å². The predicted octanol–water partition coefficient (Wildman–Crippen LogP) is 1.71. The number of nitro groups is 1. The summed E-state index contributed by atoms with van der Waals surface area (Å²) in [5.41, 5.74) is 6.86. The van der Waals surface area contributed by atoms with Crippen molar-refractivity contribution in [2.45, 2.75) is 23.9 Å². The summed E-state index contributed by atoms with van der Waals surface area (Å²) >= 11 is 0. The lowest BCUT2D eigenvalue weighted by Gasteiger charge is -2.11. The van der Waals surface area contributed by atoms with Crippen molar-refractivity contribution in [2.75, 3.05) is 6.54 Å². The zero-order valence-electron chi connectivity index (χ0n) is 14.9. The van der Waals surface area contributed by atoms with Crippen LogP contribution in [0, 0.1) is 10.1 Å². The topological polar surface area (TPSA) is 134 Å². The van der Waals surface area contributed by atoms with Gasteiger partial charge in [-0.3, -0.25) is 14.7 Å². The van der Waals surface area contributed by atoms with Gasteiger partial charge in [0.05, 0.1) is 17.2 Å². The highest BCUT2D eigenvalue weighted by Crippen LogP contribution is 2.20. The third kappa shape index (κ3) is 4.41. The van der Waals surface area contributed by atoms with E-state index in [4.69, 9.17) is 5.73 Å². The smallest absolute Gasteiger partial charge is 0.269 e. The summed E-state index contributed by atoms with van der Waals surface area (Å²) in [4.78, 5) is 10.2. The number of nitro benzene ring substituents is 1. The van der Waals surface area contributed by atoms with Crippen molar-refractivity contribution in [1.29, 1.82) is 0 Å². The summed E-state index contributed by atoms with van der Waals surface area (Å²) < 4.78 is 27.5. The Morgan fingerprint density at radius 1 is 1.00 bits per heavy atom. The van der Waals surface area contributed by atoms with Gasteiger partial charge < -0.3 is 5.73 Å². The fourth-order valence-electron chi connectivity index (χ4n) is 2.79. The van der Waals surface area contributed by atoms with Gasteiger partial charge in [0.15, 0.2) is 0 Å². The van der Waals surface area contributed by atoms with E-state index < -0.39 is 14.8 Å². The molecule has 9 nitrogen and oxygen atoms in total. The van der Waals surface area contributed by atoms with Gasteiger partial charge in [0, 0.05) is 18.6 Å². The van der Waals surface area contributed by atoms with Crippen LogP contribution in [0.15, 0.2) is 59.8 Å². The molecule has 0 aliphatic heterocycles. The molecule has 0 saturated heterocycles. The zero-order chi connectivity index (χ0) is 20.1. The molecule has 0 amide bonds. The van der Waals surface area contributed by atoms with Crippen LogP contribution in [0.1, 0.15) is 17.0 Å². The van der Waals surface area contributed by atoms with Crippen LogP contribution in [0.25, 0.3) is 0 Å².